The van der Waals surface area contributed by atoms with Crippen LogP contribution in [0.3, 0.4) is 0 Å². The number of nitrogens with two attached hydrogens (primary N) is 1. The summed E-state index contributed by atoms with van der Waals surface area (Å²) in [6, 6.07) is 1.78. The molecule has 4 rings (SSSR count). The first-order chi connectivity index (χ1) is 17.8. The van der Waals surface area contributed by atoms with Crippen molar-refractivity contribution in [3.8, 4) is 0 Å². The molecular formula is C25H33ClF2N6O3. The maximum absolute atomic E-state index is 13.1. The van der Waals surface area contributed by atoms with Crippen molar-refractivity contribution in [2.45, 2.75) is 51.4 Å². The van der Waals surface area contributed by atoms with Crippen molar-refractivity contribution in [1.29, 1.82) is 0 Å². The number of aromatic nitrogens is 2. The number of nitrogens with one attached hydrogen (secondary N) is 3. The van der Waals surface area contributed by atoms with Crippen LogP contribution < -0.4 is 16.4 Å². The molecule has 0 spiro atoms. The highest BCUT2D eigenvalue weighted by Gasteiger charge is 2.22. The summed E-state index contributed by atoms with van der Waals surface area (Å²) < 4.78 is 25.9. The van der Waals surface area contributed by atoms with Gasteiger partial charge in [0.15, 0.2) is 17.3 Å². The van der Waals surface area contributed by atoms with Crippen molar-refractivity contribution >= 4 is 35.0 Å². The first kappa shape index (κ1) is 28.5. The predicted molar refractivity (Wildman–Crippen MR) is 136 cm³/mol. The second kappa shape index (κ2) is 14.0. The molecule has 1 aliphatic carbocycles. The van der Waals surface area contributed by atoms with Crippen LogP contribution in [0.5, 0.6) is 0 Å². The van der Waals surface area contributed by atoms with Crippen LogP contribution in [0, 0.1) is 17.6 Å². The lowest BCUT2D eigenvalue weighted by Gasteiger charge is -2.26. The molecule has 2 heterocycles. The minimum absolute atomic E-state index is 0.0121. The van der Waals surface area contributed by atoms with Gasteiger partial charge in [-0.25, -0.2) is 13.8 Å². The molecule has 5 N–H and O–H groups in total. The van der Waals surface area contributed by atoms with Crippen LogP contribution in [0.1, 0.15) is 72.3 Å². The van der Waals surface area contributed by atoms with E-state index in [1.165, 1.54) is 25.6 Å². The van der Waals surface area contributed by atoms with E-state index in [2.05, 4.69) is 25.5 Å². The molecule has 1 aromatic heterocycles. The molecule has 3 amide bonds. The number of imidazole rings is 1. The minimum atomic E-state index is -1.02. The highest BCUT2D eigenvalue weighted by Crippen LogP contribution is 2.28. The number of primary amides is 1. The number of rotatable bonds is 7. The summed E-state index contributed by atoms with van der Waals surface area (Å²) in [5.74, 6) is -3.30. The Morgan fingerprint density at radius 1 is 1.05 bits per heavy atom. The van der Waals surface area contributed by atoms with E-state index in [0.29, 0.717) is 6.54 Å². The van der Waals surface area contributed by atoms with Gasteiger partial charge in [-0.15, -0.1) is 0 Å². The molecule has 0 radical (unpaired) electrons. The standard InChI is InChI=1S/C13H14ClF2NO.C12H19N5O2/c14-9-6-10(15)11(16)7-12(9)17-13(18)8-4-2-1-3-5-8;13-11(18)9-10(16-8-15-9)12(19)14-4-7-17-5-2-1-3-6-17/h6-8H,1-5H2,(H,17,18);8H,1-7H2,(H2,13,18)(H,14,19)(H,15,16). The lowest BCUT2D eigenvalue weighted by atomic mass is 9.88. The summed E-state index contributed by atoms with van der Waals surface area (Å²) in [5, 5.41) is 5.35. The largest absolute Gasteiger partial charge is 0.364 e. The van der Waals surface area contributed by atoms with E-state index in [9.17, 15) is 23.2 Å². The van der Waals surface area contributed by atoms with E-state index in [0.717, 1.165) is 63.9 Å². The lowest BCUT2D eigenvalue weighted by molar-refractivity contribution is -0.120. The average Bonchev–Trinajstić information content (AvgIpc) is 3.39. The minimum Gasteiger partial charge on any atom is -0.364 e. The number of halogens is 3. The Bertz CT molecular complexity index is 1080. The summed E-state index contributed by atoms with van der Waals surface area (Å²) in [4.78, 5) is 43.6. The molecule has 2 aliphatic rings. The van der Waals surface area contributed by atoms with Crippen molar-refractivity contribution in [1.82, 2.24) is 20.2 Å². The van der Waals surface area contributed by atoms with Gasteiger partial charge in [-0.3, -0.25) is 14.4 Å². The molecule has 1 saturated heterocycles. The number of benzene rings is 1. The number of H-pyrrole nitrogens is 1. The number of anilines is 1. The molecule has 2 aromatic rings. The normalized spacial score (nSPS) is 16.4. The first-order valence-corrected chi connectivity index (χ1v) is 12.9. The lowest BCUT2D eigenvalue weighted by Crippen LogP contribution is -2.38. The van der Waals surface area contributed by atoms with Crippen molar-refractivity contribution in [3.05, 3.63) is 46.5 Å². The molecular weight excluding hydrogens is 506 g/mol. The Hall–Kier alpha value is -3.05. The second-order valence-electron chi connectivity index (χ2n) is 9.22. The molecule has 1 aromatic carbocycles. The summed E-state index contributed by atoms with van der Waals surface area (Å²) >= 11 is 5.76. The molecule has 37 heavy (non-hydrogen) atoms. The summed E-state index contributed by atoms with van der Waals surface area (Å²) in [6.07, 6.45) is 9.92. The van der Waals surface area contributed by atoms with Crippen LogP contribution >= 0.6 is 11.6 Å². The van der Waals surface area contributed by atoms with Crippen molar-refractivity contribution in [2.24, 2.45) is 11.7 Å². The van der Waals surface area contributed by atoms with Crippen LogP contribution in [0.25, 0.3) is 0 Å². The molecule has 1 aliphatic heterocycles. The number of hydrogen-bond acceptors (Lipinski definition) is 5. The van der Waals surface area contributed by atoms with E-state index >= 15 is 0 Å². The number of aromatic amines is 1. The number of nitrogens with zero attached hydrogens (tertiary/aromatic N) is 2. The van der Waals surface area contributed by atoms with Crippen LogP contribution in [-0.4, -0.2) is 58.8 Å². The Balaban J connectivity index is 0.000000206. The Morgan fingerprint density at radius 2 is 1.70 bits per heavy atom. The van der Waals surface area contributed by atoms with Crippen molar-refractivity contribution in [2.75, 3.05) is 31.5 Å². The summed E-state index contributed by atoms with van der Waals surface area (Å²) in [7, 11) is 0. The Kier molecular flexibility index (Phi) is 10.8. The fourth-order valence-electron chi connectivity index (χ4n) is 4.47. The highest BCUT2D eigenvalue weighted by atomic mass is 35.5. The molecule has 9 nitrogen and oxygen atoms in total. The third-order valence-corrected chi connectivity index (χ3v) is 6.82. The van der Waals surface area contributed by atoms with Crippen molar-refractivity contribution in [3.63, 3.8) is 0 Å². The van der Waals surface area contributed by atoms with Gasteiger partial charge in [0, 0.05) is 25.1 Å². The molecule has 2 fully saturated rings. The number of likely N-dealkylation sites (tertiary alicyclic amines) is 1. The van der Waals surface area contributed by atoms with Gasteiger partial charge in [0.1, 0.15) is 5.69 Å². The van der Waals surface area contributed by atoms with Crippen LogP contribution in [0.15, 0.2) is 18.5 Å². The van der Waals surface area contributed by atoms with Crippen LogP contribution in [0.2, 0.25) is 5.02 Å². The van der Waals surface area contributed by atoms with Gasteiger partial charge < -0.3 is 26.3 Å². The van der Waals surface area contributed by atoms with Gasteiger partial charge in [0.25, 0.3) is 11.8 Å². The fourth-order valence-corrected chi connectivity index (χ4v) is 4.67. The number of amides is 3. The third kappa shape index (κ3) is 8.50. The van der Waals surface area contributed by atoms with E-state index in [1.54, 1.807) is 0 Å². The fraction of sp³-hybridized carbons (Fsp3) is 0.520. The van der Waals surface area contributed by atoms with Crippen molar-refractivity contribution < 1.29 is 23.2 Å². The van der Waals surface area contributed by atoms with Gasteiger partial charge >= 0.3 is 0 Å². The number of carbonyl (C=O) groups excluding carboxylic acids is 3. The van der Waals surface area contributed by atoms with Gasteiger partial charge in [0.2, 0.25) is 5.91 Å². The SMILES string of the molecule is NC(=O)c1nc[nH]c1C(=O)NCCN1CCCCC1.O=C(Nc1cc(F)c(F)cc1Cl)C1CCCCC1. The number of carbonyl (C=O) groups is 3. The average molecular weight is 539 g/mol. The second-order valence-corrected chi connectivity index (χ2v) is 9.63. The molecule has 12 heteroatoms. The quantitative estimate of drug-likeness (QED) is 0.397. The zero-order chi connectivity index (χ0) is 26.8. The zero-order valence-electron chi connectivity index (χ0n) is 20.6. The molecule has 0 unspecified atom stereocenters. The maximum atomic E-state index is 13.1. The van der Waals surface area contributed by atoms with Gasteiger partial charge in [-0.05, 0) is 44.8 Å². The van der Waals surface area contributed by atoms with Gasteiger partial charge in [-0.2, -0.15) is 0 Å². The maximum Gasteiger partial charge on any atom is 0.270 e. The third-order valence-electron chi connectivity index (χ3n) is 6.51. The predicted octanol–water partition coefficient (Wildman–Crippen LogP) is 3.86. The first-order valence-electron chi connectivity index (χ1n) is 12.6. The van der Waals surface area contributed by atoms with E-state index in [1.807, 2.05) is 0 Å². The molecule has 0 bridgehead atoms. The number of piperidine rings is 1. The summed E-state index contributed by atoms with van der Waals surface area (Å²) in [5.41, 5.74) is 5.38. The topological polar surface area (TPSA) is 133 Å². The van der Waals surface area contributed by atoms with Gasteiger partial charge in [0.05, 0.1) is 17.0 Å². The van der Waals surface area contributed by atoms with E-state index < -0.39 is 17.5 Å². The Morgan fingerprint density at radius 3 is 2.38 bits per heavy atom. The molecule has 0 atom stereocenters. The monoisotopic (exact) mass is 538 g/mol. The summed E-state index contributed by atoms with van der Waals surface area (Å²) in [6.45, 7) is 3.56. The van der Waals surface area contributed by atoms with Crippen LogP contribution in [0.4, 0.5) is 14.5 Å². The molecule has 202 valence electrons. The zero-order valence-corrected chi connectivity index (χ0v) is 21.4. The Labute approximate surface area is 219 Å². The van der Waals surface area contributed by atoms with E-state index in [4.69, 9.17) is 17.3 Å². The molecule has 1 saturated carbocycles. The number of hydrogen-bond donors (Lipinski definition) is 4. The smallest absolute Gasteiger partial charge is 0.270 e. The van der Waals surface area contributed by atoms with Crippen LogP contribution in [-0.2, 0) is 4.79 Å². The highest BCUT2D eigenvalue weighted by molar-refractivity contribution is 6.33. The van der Waals surface area contributed by atoms with Gasteiger partial charge in [-0.1, -0.05) is 37.3 Å². The van der Waals surface area contributed by atoms with E-state index in [-0.39, 0.29) is 39.8 Å².